The Kier molecular flexibility index (Phi) is 2.29. The molecule has 2 rings (SSSR count). The zero-order chi connectivity index (χ0) is 10.3. The molecule has 0 saturated heterocycles. The Labute approximate surface area is 97.2 Å². The summed E-state index contributed by atoms with van der Waals surface area (Å²) < 4.78 is 1.21. The van der Waals surface area contributed by atoms with Gasteiger partial charge >= 0.3 is 0 Å². The molecule has 14 heavy (non-hydrogen) atoms. The molecule has 74 valence electrons. The van der Waals surface area contributed by atoms with Crippen molar-refractivity contribution in [3.8, 4) is 0 Å². The van der Waals surface area contributed by atoms with Crippen molar-refractivity contribution >= 4 is 34.2 Å². The first-order valence-electron chi connectivity index (χ1n) is 4.59. The van der Waals surface area contributed by atoms with Crippen LogP contribution in [0.4, 0.5) is 5.69 Å². The van der Waals surface area contributed by atoms with Gasteiger partial charge in [0.1, 0.15) is 0 Å². The molecule has 3 heteroatoms. The maximum Gasteiger partial charge on any atom is 0.225 e. The van der Waals surface area contributed by atoms with Crippen molar-refractivity contribution < 1.29 is 4.79 Å². The van der Waals surface area contributed by atoms with Crippen molar-refractivity contribution in [1.29, 1.82) is 0 Å². The van der Waals surface area contributed by atoms with Crippen LogP contribution in [0, 0.1) is 3.57 Å². The first-order chi connectivity index (χ1) is 6.49. The highest BCUT2D eigenvalue weighted by molar-refractivity contribution is 14.1. The summed E-state index contributed by atoms with van der Waals surface area (Å²) in [5.41, 5.74) is 2.16. The molecule has 1 amide bonds. The van der Waals surface area contributed by atoms with Crippen molar-refractivity contribution in [1.82, 2.24) is 0 Å². The molecule has 0 unspecified atom stereocenters. The Hall–Kier alpha value is -0.580. The molecule has 1 aliphatic rings. The first kappa shape index (κ1) is 9.96. The number of fused-ring (bicyclic) bond motifs is 1. The second-order valence-electron chi connectivity index (χ2n) is 4.30. The van der Waals surface area contributed by atoms with E-state index in [4.69, 9.17) is 0 Å². The van der Waals surface area contributed by atoms with E-state index < -0.39 is 0 Å². The summed E-state index contributed by atoms with van der Waals surface area (Å²) in [6.45, 7) is 4.22. The van der Waals surface area contributed by atoms with E-state index in [0.29, 0.717) is 6.42 Å². The lowest BCUT2D eigenvalue weighted by Gasteiger charge is -2.32. The highest BCUT2D eigenvalue weighted by Crippen LogP contribution is 2.37. The number of carbonyl (C=O) groups excluding carboxylic acids is 1. The van der Waals surface area contributed by atoms with E-state index in [1.54, 1.807) is 0 Å². The fourth-order valence-electron chi connectivity index (χ4n) is 1.88. The van der Waals surface area contributed by atoms with Gasteiger partial charge in [0.25, 0.3) is 0 Å². The standard InChI is InChI=1S/C11H12INO/c1-11(2)6-10(14)13-9-4-3-7(12)5-8(9)11/h3-5H,6H2,1-2H3,(H,13,14). The molecule has 1 heterocycles. The van der Waals surface area contributed by atoms with Gasteiger partial charge in [0.2, 0.25) is 5.91 Å². The molecule has 0 fully saturated rings. The third kappa shape index (κ3) is 1.65. The Morgan fingerprint density at radius 1 is 1.43 bits per heavy atom. The molecule has 1 aromatic carbocycles. The molecule has 1 aliphatic heterocycles. The molecule has 0 radical (unpaired) electrons. The van der Waals surface area contributed by atoms with Gasteiger partial charge in [0, 0.05) is 21.1 Å². The molecule has 0 saturated carbocycles. The first-order valence-corrected chi connectivity index (χ1v) is 5.67. The van der Waals surface area contributed by atoms with E-state index in [-0.39, 0.29) is 11.3 Å². The van der Waals surface area contributed by atoms with Gasteiger partial charge < -0.3 is 5.32 Å². The minimum absolute atomic E-state index is 0.0428. The number of rotatable bonds is 0. The summed E-state index contributed by atoms with van der Waals surface area (Å²) >= 11 is 2.30. The number of nitrogens with one attached hydrogen (secondary N) is 1. The van der Waals surface area contributed by atoms with Crippen molar-refractivity contribution in [2.45, 2.75) is 25.7 Å². The summed E-state index contributed by atoms with van der Waals surface area (Å²) in [4.78, 5) is 11.4. The second-order valence-corrected chi connectivity index (χ2v) is 5.54. The van der Waals surface area contributed by atoms with Gasteiger partial charge in [0.05, 0.1) is 0 Å². The summed E-state index contributed by atoms with van der Waals surface area (Å²) in [6, 6.07) is 6.15. The van der Waals surface area contributed by atoms with Crippen LogP contribution in [0.1, 0.15) is 25.8 Å². The summed E-state index contributed by atoms with van der Waals surface area (Å²) in [5.74, 6) is 0.115. The topological polar surface area (TPSA) is 29.1 Å². The van der Waals surface area contributed by atoms with Crippen LogP contribution in [0.5, 0.6) is 0 Å². The van der Waals surface area contributed by atoms with Gasteiger partial charge in [-0.2, -0.15) is 0 Å². The molecule has 2 nitrogen and oxygen atoms in total. The van der Waals surface area contributed by atoms with Gasteiger partial charge in [-0.25, -0.2) is 0 Å². The summed E-state index contributed by atoms with van der Waals surface area (Å²) in [6.07, 6.45) is 0.570. The highest BCUT2D eigenvalue weighted by Gasteiger charge is 2.31. The van der Waals surface area contributed by atoms with E-state index in [1.807, 2.05) is 12.1 Å². The lowest BCUT2D eigenvalue weighted by molar-refractivity contribution is -0.117. The third-order valence-electron chi connectivity index (χ3n) is 2.59. The molecule has 0 aromatic heterocycles. The van der Waals surface area contributed by atoms with Gasteiger partial charge in [-0.05, 0) is 46.4 Å². The van der Waals surface area contributed by atoms with Crippen LogP contribution in [0.2, 0.25) is 0 Å². The number of hydrogen-bond acceptors (Lipinski definition) is 1. The van der Waals surface area contributed by atoms with Crippen LogP contribution in [-0.2, 0) is 10.2 Å². The minimum atomic E-state index is -0.0428. The fraction of sp³-hybridized carbons (Fsp3) is 0.364. The quantitative estimate of drug-likeness (QED) is 0.734. The van der Waals surface area contributed by atoms with Crippen LogP contribution in [0.3, 0.4) is 0 Å². The molecular weight excluding hydrogens is 289 g/mol. The molecule has 0 bridgehead atoms. The predicted octanol–water partition coefficient (Wildman–Crippen LogP) is 2.91. The normalized spacial score (nSPS) is 18.6. The molecule has 0 spiro atoms. The van der Waals surface area contributed by atoms with Gasteiger partial charge in [-0.15, -0.1) is 0 Å². The Morgan fingerprint density at radius 3 is 2.86 bits per heavy atom. The third-order valence-corrected chi connectivity index (χ3v) is 3.26. The van der Waals surface area contributed by atoms with Gasteiger partial charge in [-0.3, -0.25) is 4.79 Å². The van der Waals surface area contributed by atoms with Crippen LogP contribution in [0.25, 0.3) is 0 Å². The maximum absolute atomic E-state index is 11.4. The zero-order valence-electron chi connectivity index (χ0n) is 8.23. The van der Waals surface area contributed by atoms with Crippen molar-refractivity contribution in [3.63, 3.8) is 0 Å². The van der Waals surface area contributed by atoms with Crippen molar-refractivity contribution in [2.24, 2.45) is 0 Å². The summed E-state index contributed by atoms with van der Waals surface area (Å²) in [5, 5.41) is 2.90. The number of hydrogen-bond donors (Lipinski definition) is 1. The van der Waals surface area contributed by atoms with Gasteiger partial charge in [-0.1, -0.05) is 13.8 Å². The van der Waals surface area contributed by atoms with Gasteiger partial charge in [0.15, 0.2) is 0 Å². The van der Waals surface area contributed by atoms with E-state index in [1.165, 1.54) is 9.13 Å². The molecule has 1 N–H and O–H groups in total. The predicted molar refractivity (Wildman–Crippen MR) is 65.4 cm³/mol. The SMILES string of the molecule is CC1(C)CC(=O)Nc2ccc(I)cc21. The Bertz CT molecular complexity index is 398. The number of benzene rings is 1. The molecule has 0 aliphatic carbocycles. The Morgan fingerprint density at radius 2 is 2.14 bits per heavy atom. The lowest BCUT2D eigenvalue weighted by Crippen LogP contribution is -2.32. The minimum Gasteiger partial charge on any atom is -0.326 e. The van der Waals surface area contributed by atoms with Crippen LogP contribution in [0.15, 0.2) is 18.2 Å². The largest absolute Gasteiger partial charge is 0.326 e. The maximum atomic E-state index is 11.4. The summed E-state index contributed by atoms with van der Waals surface area (Å²) in [7, 11) is 0. The Balaban J connectivity index is 2.58. The molecule has 0 atom stereocenters. The second kappa shape index (κ2) is 3.22. The van der Waals surface area contributed by atoms with E-state index >= 15 is 0 Å². The van der Waals surface area contributed by atoms with Crippen LogP contribution in [-0.4, -0.2) is 5.91 Å². The van der Waals surface area contributed by atoms with E-state index in [0.717, 1.165) is 5.69 Å². The average Bonchev–Trinajstić information content (AvgIpc) is 2.05. The smallest absolute Gasteiger partial charge is 0.225 e. The monoisotopic (exact) mass is 301 g/mol. The van der Waals surface area contributed by atoms with E-state index in [9.17, 15) is 4.79 Å². The number of carbonyl (C=O) groups is 1. The van der Waals surface area contributed by atoms with Crippen LogP contribution >= 0.6 is 22.6 Å². The number of anilines is 1. The van der Waals surface area contributed by atoms with E-state index in [2.05, 4.69) is 47.8 Å². The fourth-order valence-corrected chi connectivity index (χ4v) is 2.37. The van der Waals surface area contributed by atoms with Crippen molar-refractivity contribution in [2.75, 3.05) is 5.32 Å². The molecular formula is C11H12INO. The average molecular weight is 301 g/mol. The number of amides is 1. The van der Waals surface area contributed by atoms with Crippen LogP contribution < -0.4 is 5.32 Å². The molecule has 1 aromatic rings. The van der Waals surface area contributed by atoms with Crippen molar-refractivity contribution in [3.05, 3.63) is 27.3 Å². The number of halogens is 1. The zero-order valence-corrected chi connectivity index (χ0v) is 10.4. The highest BCUT2D eigenvalue weighted by atomic mass is 127. The lowest BCUT2D eigenvalue weighted by atomic mass is 9.78.